The number of aryl methyl sites for hydroxylation is 2. The molecule has 2 N–H and O–H groups in total. The lowest BCUT2D eigenvalue weighted by Crippen LogP contribution is -2.29. The fourth-order valence-corrected chi connectivity index (χ4v) is 3.10. The van der Waals surface area contributed by atoms with Crippen molar-refractivity contribution >= 4 is 10.0 Å². The molecule has 4 nitrogen and oxygen atoms in total. The molecule has 0 fully saturated rings. The summed E-state index contributed by atoms with van der Waals surface area (Å²) in [4.78, 5) is 0.338. The average molecular weight is 280 g/mol. The van der Waals surface area contributed by atoms with Gasteiger partial charge in [0.15, 0.2) is 0 Å². The smallest absolute Gasteiger partial charge is 0.240 e. The van der Waals surface area contributed by atoms with Gasteiger partial charge in [0.2, 0.25) is 10.0 Å². The number of rotatable bonds is 4. The molecule has 104 valence electrons. The van der Waals surface area contributed by atoms with Gasteiger partial charge >= 0.3 is 0 Å². The minimum atomic E-state index is -3.41. The van der Waals surface area contributed by atoms with Crippen molar-refractivity contribution in [1.82, 2.24) is 10.0 Å². The lowest BCUT2D eigenvalue weighted by atomic mass is 10.1. The van der Waals surface area contributed by atoms with Crippen LogP contribution in [0, 0.1) is 13.8 Å². The van der Waals surface area contributed by atoms with Gasteiger partial charge in [-0.3, -0.25) is 0 Å². The van der Waals surface area contributed by atoms with Crippen LogP contribution >= 0.6 is 0 Å². The van der Waals surface area contributed by atoms with E-state index in [0.29, 0.717) is 11.4 Å². The molecule has 0 atom stereocenters. The molecule has 0 radical (unpaired) electrons. The standard InChI is InChI=1S/C14H20N2O2S/c1-11-3-4-14(9-12(11)2)19(17,18)16-10-13-5-7-15-8-6-13/h3-5,9,15-16H,6-8,10H2,1-2H3. The SMILES string of the molecule is Cc1ccc(S(=O)(=O)NCC2=CCNCC2)cc1C. The molecule has 0 bridgehead atoms. The molecule has 1 aromatic carbocycles. The van der Waals surface area contributed by atoms with E-state index in [1.807, 2.05) is 26.0 Å². The highest BCUT2D eigenvalue weighted by Gasteiger charge is 2.15. The number of hydrogen-bond acceptors (Lipinski definition) is 3. The van der Waals surface area contributed by atoms with Crippen molar-refractivity contribution in [3.63, 3.8) is 0 Å². The van der Waals surface area contributed by atoms with Crippen molar-refractivity contribution in [2.75, 3.05) is 19.6 Å². The number of benzene rings is 1. The largest absolute Gasteiger partial charge is 0.313 e. The van der Waals surface area contributed by atoms with Crippen molar-refractivity contribution < 1.29 is 8.42 Å². The summed E-state index contributed by atoms with van der Waals surface area (Å²) in [5.41, 5.74) is 3.23. The van der Waals surface area contributed by atoms with Crippen LogP contribution in [-0.4, -0.2) is 28.1 Å². The summed E-state index contributed by atoms with van der Waals surface area (Å²) in [6.07, 6.45) is 2.95. The maximum absolute atomic E-state index is 12.2. The number of nitrogens with one attached hydrogen (secondary N) is 2. The van der Waals surface area contributed by atoms with E-state index in [1.54, 1.807) is 12.1 Å². The van der Waals surface area contributed by atoms with Crippen molar-refractivity contribution in [2.24, 2.45) is 0 Å². The Morgan fingerprint density at radius 1 is 1.26 bits per heavy atom. The molecule has 0 unspecified atom stereocenters. The first kappa shape index (κ1) is 14.2. The minimum Gasteiger partial charge on any atom is -0.313 e. The van der Waals surface area contributed by atoms with Crippen LogP contribution in [0.5, 0.6) is 0 Å². The molecule has 1 aliphatic heterocycles. The van der Waals surface area contributed by atoms with E-state index < -0.39 is 10.0 Å². The van der Waals surface area contributed by atoms with Crippen LogP contribution in [0.2, 0.25) is 0 Å². The Kier molecular flexibility index (Phi) is 4.39. The first-order valence-electron chi connectivity index (χ1n) is 6.44. The van der Waals surface area contributed by atoms with Crippen LogP contribution in [0.1, 0.15) is 17.5 Å². The Bertz CT molecular complexity index is 591. The molecule has 0 aliphatic carbocycles. The van der Waals surface area contributed by atoms with E-state index in [0.717, 1.165) is 36.2 Å². The molecule has 0 saturated carbocycles. The normalized spacial score (nSPS) is 16.2. The zero-order valence-electron chi connectivity index (χ0n) is 11.4. The summed E-state index contributed by atoms with van der Waals surface area (Å²) in [7, 11) is -3.41. The third kappa shape index (κ3) is 3.65. The molecule has 19 heavy (non-hydrogen) atoms. The van der Waals surface area contributed by atoms with E-state index in [1.165, 1.54) is 0 Å². The Morgan fingerprint density at radius 3 is 2.68 bits per heavy atom. The monoisotopic (exact) mass is 280 g/mol. The summed E-state index contributed by atoms with van der Waals surface area (Å²) in [6.45, 7) is 6.03. The quantitative estimate of drug-likeness (QED) is 0.822. The van der Waals surface area contributed by atoms with Gasteiger partial charge in [-0.05, 0) is 50.1 Å². The van der Waals surface area contributed by atoms with Crippen LogP contribution in [0.3, 0.4) is 0 Å². The summed E-state index contributed by atoms with van der Waals surface area (Å²) >= 11 is 0. The predicted octanol–water partition coefficient (Wildman–Crippen LogP) is 1.50. The first-order valence-corrected chi connectivity index (χ1v) is 7.93. The summed E-state index contributed by atoms with van der Waals surface area (Å²) in [5, 5.41) is 3.20. The van der Waals surface area contributed by atoms with Crippen LogP contribution in [0.4, 0.5) is 0 Å². The Morgan fingerprint density at radius 2 is 2.05 bits per heavy atom. The second-order valence-corrected chi connectivity index (χ2v) is 6.65. The van der Waals surface area contributed by atoms with Gasteiger partial charge in [-0.25, -0.2) is 13.1 Å². The van der Waals surface area contributed by atoms with Crippen LogP contribution in [0.25, 0.3) is 0 Å². The highest BCUT2D eigenvalue weighted by atomic mass is 32.2. The van der Waals surface area contributed by atoms with Crippen LogP contribution < -0.4 is 10.0 Å². The molecule has 2 rings (SSSR count). The molecule has 5 heteroatoms. The van der Waals surface area contributed by atoms with Gasteiger partial charge in [-0.15, -0.1) is 0 Å². The average Bonchev–Trinajstić information content (AvgIpc) is 2.41. The molecule has 0 spiro atoms. The number of sulfonamides is 1. The molecule has 0 amide bonds. The Labute approximate surface area is 115 Å². The predicted molar refractivity (Wildman–Crippen MR) is 76.7 cm³/mol. The maximum Gasteiger partial charge on any atom is 0.240 e. The van der Waals surface area contributed by atoms with Gasteiger partial charge in [0.05, 0.1) is 4.90 Å². The lowest BCUT2D eigenvalue weighted by Gasteiger charge is -2.15. The van der Waals surface area contributed by atoms with Crippen molar-refractivity contribution in [3.05, 3.63) is 41.0 Å². The van der Waals surface area contributed by atoms with E-state index >= 15 is 0 Å². The summed E-state index contributed by atoms with van der Waals surface area (Å²) in [5.74, 6) is 0. The van der Waals surface area contributed by atoms with Gasteiger partial charge in [-0.1, -0.05) is 17.7 Å². The van der Waals surface area contributed by atoms with E-state index in [9.17, 15) is 8.42 Å². The van der Waals surface area contributed by atoms with Crippen molar-refractivity contribution in [3.8, 4) is 0 Å². The molecule has 1 heterocycles. The maximum atomic E-state index is 12.2. The Balaban J connectivity index is 2.09. The molecule has 1 aromatic rings. The second kappa shape index (κ2) is 5.86. The van der Waals surface area contributed by atoms with Gasteiger partial charge in [0.1, 0.15) is 0 Å². The third-order valence-corrected chi connectivity index (χ3v) is 4.83. The molecular weight excluding hydrogens is 260 g/mol. The van der Waals surface area contributed by atoms with Gasteiger partial charge in [0, 0.05) is 13.1 Å². The third-order valence-electron chi connectivity index (χ3n) is 3.44. The molecular formula is C14H20N2O2S. The van der Waals surface area contributed by atoms with Gasteiger partial charge in [-0.2, -0.15) is 0 Å². The van der Waals surface area contributed by atoms with Crippen molar-refractivity contribution in [1.29, 1.82) is 0 Å². The minimum absolute atomic E-state index is 0.338. The highest BCUT2D eigenvalue weighted by molar-refractivity contribution is 7.89. The lowest BCUT2D eigenvalue weighted by molar-refractivity contribution is 0.582. The highest BCUT2D eigenvalue weighted by Crippen LogP contribution is 2.15. The zero-order chi connectivity index (χ0) is 13.9. The topological polar surface area (TPSA) is 58.2 Å². The van der Waals surface area contributed by atoms with Gasteiger partial charge < -0.3 is 5.32 Å². The number of hydrogen-bond donors (Lipinski definition) is 2. The van der Waals surface area contributed by atoms with Crippen molar-refractivity contribution in [2.45, 2.75) is 25.2 Å². The Hall–Kier alpha value is -1.17. The fraction of sp³-hybridized carbons (Fsp3) is 0.429. The van der Waals surface area contributed by atoms with E-state index in [2.05, 4.69) is 10.0 Å². The summed E-state index contributed by atoms with van der Waals surface area (Å²) in [6, 6.07) is 5.21. The first-order chi connectivity index (χ1) is 8.99. The molecule has 1 aliphatic rings. The molecule has 0 saturated heterocycles. The van der Waals surface area contributed by atoms with E-state index in [4.69, 9.17) is 0 Å². The van der Waals surface area contributed by atoms with Crippen LogP contribution in [0.15, 0.2) is 34.7 Å². The van der Waals surface area contributed by atoms with Gasteiger partial charge in [0.25, 0.3) is 0 Å². The summed E-state index contributed by atoms with van der Waals surface area (Å²) < 4.78 is 27.0. The van der Waals surface area contributed by atoms with Crippen LogP contribution in [-0.2, 0) is 10.0 Å². The fourth-order valence-electron chi connectivity index (χ4n) is 1.98. The zero-order valence-corrected chi connectivity index (χ0v) is 12.2. The molecule has 0 aromatic heterocycles. The van der Waals surface area contributed by atoms with E-state index in [-0.39, 0.29) is 0 Å². The second-order valence-electron chi connectivity index (χ2n) is 4.89.